The van der Waals surface area contributed by atoms with E-state index < -0.39 is 8.65 Å². The van der Waals surface area contributed by atoms with E-state index in [2.05, 4.69) is 29.9 Å². The number of nitrogens with zero attached hydrogens (tertiary/aromatic N) is 1. The van der Waals surface area contributed by atoms with E-state index in [-0.39, 0.29) is 0 Å². The van der Waals surface area contributed by atoms with Gasteiger partial charge in [0.25, 0.3) is 0 Å². The minimum Gasteiger partial charge on any atom is -0.351 e. The van der Waals surface area contributed by atoms with Gasteiger partial charge in [-0.25, -0.2) is 4.98 Å². The molecule has 0 aliphatic heterocycles. The predicted octanol–water partition coefficient (Wildman–Crippen LogP) is 3.51. The van der Waals surface area contributed by atoms with Crippen molar-refractivity contribution in [3.63, 3.8) is 0 Å². The van der Waals surface area contributed by atoms with Gasteiger partial charge in [0.05, 0.1) is 6.33 Å². The smallest absolute Gasteiger partial charge is 0.239 e. The van der Waals surface area contributed by atoms with Crippen LogP contribution in [0, 0.1) is 0 Å². The van der Waals surface area contributed by atoms with Gasteiger partial charge in [-0.1, -0.05) is 0 Å². The second-order valence-electron chi connectivity index (χ2n) is 2.89. The van der Waals surface area contributed by atoms with Gasteiger partial charge in [-0.15, -0.1) is 0 Å². The average molecular weight is 485 g/mol. The fourth-order valence-corrected chi connectivity index (χ4v) is 0.696. The fourth-order valence-electron chi connectivity index (χ4n) is 0.696. The van der Waals surface area contributed by atoms with Crippen molar-refractivity contribution >= 4 is 48.5 Å². The first-order valence-electron chi connectivity index (χ1n) is 5.07. The second-order valence-corrected chi connectivity index (χ2v) is 29.3. The van der Waals surface area contributed by atoms with Crippen molar-refractivity contribution in [3.05, 3.63) is 56.2 Å². The Morgan fingerprint density at radius 2 is 1.24 bits per heavy atom. The third-order valence-corrected chi connectivity index (χ3v) is 1.29. The van der Waals surface area contributed by atoms with E-state index >= 15 is 0 Å². The van der Waals surface area contributed by atoms with Gasteiger partial charge in [0.2, 0.25) is 12.7 Å². The van der Waals surface area contributed by atoms with Crippen molar-refractivity contribution in [2.75, 3.05) is 0 Å². The van der Waals surface area contributed by atoms with Gasteiger partial charge in [-0.05, 0) is 0 Å². The Morgan fingerprint density at radius 3 is 1.33 bits per heavy atom. The Labute approximate surface area is 142 Å². The van der Waals surface area contributed by atoms with E-state index in [9.17, 15) is 0 Å². The van der Waals surface area contributed by atoms with Crippen molar-refractivity contribution in [2.24, 2.45) is 0 Å². The van der Waals surface area contributed by atoms with E-state index in [1.807, 2.05) is 24.8 Å². The monoisotopic (exact) mass is 483 g/mol. The molecule has 3 rings (SSSR count). The van der Waals surface area contributed by atoms with Crippen molar-refractivity contribution in [3.8, 4) is 0 Å². The Hall–Kier alpha value is -0.297. The van der Waals surface area contributed by atoms with Gasteiger partial charge in [-0.2, -0.15) is 0 Å². The molecule has 0 saturated heterocycles. The zero-order valence-electron chi connectivity index (χ0n) is 10.4. The standard InChI is InChI=1S/3C3H4N2.5ClH.Ru/c3*1-2-5-3-4-1;;;;;;/h3*1-3H,(H,4,5);5*1H;/q;;;;;;;;+3/p-3. The number of nitrogens with one attached hydrogen (secondary N) is 5. The zero-order chi connectivity index (χ0) is 16.1. The maximum atomic E-state index is 5.02. The molecule has 0 radical (unpaired) electrons. The van der Waals surface area contributed by atoms with E-state index in [0.717, 1.165) is 0 Å². The fraction of sp³-hybridized carbons (Fsp3) is 0. The molecule has 0 fully saturated rings. The summed E-state index contributed by atoms with van der Waals surface area (Å²) in [6.45, 7) is 0. The van der Waals surface area contributed by atoms with Crippen molar-refractivity contribution < 1.29 is 18.6 Å². The molecule has 0 atom stereocenters. The van der Waals surface area contributed by atoms with Crippen LogP contribution < -0.4 is 9.97 Å². The molecule has 0 saturated carbocycles. The molecule has 12 heteroatoms. The van der Waals surface area contributed by atoms with E-state index in [4.69, 9.17) is 48.5 Å². The van der Waals surface area contributed by atoms with E-state index in [1.54, 1.807) is 31.4 Å². The number of aromatic amines is 5. The number of H-pyrrole nitrogens is 5. The average Bonchev–Trinajstić information content (AvgIpc) is 3.16. The summed E-state index contributed by atoms with van der Waals surface area (Å²) >= 11 is 0. The number of halogens is 5. The topological polar surface area (TPSA) is 88.5 Å². The molecule has 5 N–H and O–H groups in total. The number of hydrogen-bond acceptors (Lipinski definition) is 1. The van der Waals surface area contributed by atoms with Gasteiger partial charge in [-0.3, -0.25) is 19.9 Å². The van der Waals surface area contributed by atoms with Crippen LogP contribution in [-0.4, -0.2) is 19.9 Å². The number of hydrogen-bond donors (Lipinski definition) is 3. The van der Waals surface area contributed by atoms with Crippen LogP contribution in [0.15, 0.2) is 56.2 Å². The molecule has 0 spiro atoms. The van der Waals surface area contributed by atoms with Crippen molar-refractivity contribution in [1.82, 2.24) is 19.9 Å². The molecule has 123 valence electrons. The predicted molar refractivity (Wildman–Crippen MR) is 82.5 cm³/mol. The molecule has 0 unspecified atom stereocenters. The molecule has 0 aromatic carbocycles. The summed E-state index contributed by atoms with van der Waals surface area (Å²) in [5.74, 6) is 0. The van der Waals surface area contributed by atoms with Crippen LogP contribution in [0.5, 0.6) is 0 Å². The molecule has 0 amide bonds. The summed E-state index contributed by atoms with van der Waals surface area (Å²) in [6.07, 6.45) is 15.9. The maximum absolute atomic E-state index is 5.02. The van der Waals surface area contributed by atoms with Gasteiger partial charge in [0.15, 0.2) is 0 Å². The van der Waals surface area contributed by atoms with Crippen LogP contribution in [0.1, 0.15) is 0 Å². The summed E-state index contributed by atoms with van der Waals surface area (Å²) in [7, 11) is 21.0. The minimum atomic E-state index is -4.11. The van der Waals surface area contributed by atoms with E-state index in [1.165, 1.54) is 0 Å². The van der Waals surface area contributed by atoms with Gasteiger partial charge >= 0.3 is 57.1 Å². The van der Waals surface area contributed by atoms with Crippen LogP contribution in [0.4, 0.5) is 0 Å². The van der Waals surface area contributed by atoms with Gasteiger partial charge in [0.1, 0.15) is 24.8 Å². The molecular formula is C9H14Cl5N6Ru. The van der Waals surface area contributed by atoms with Gasteiger partial charge < -0.3 is 4.98 Å². The Balaban J connectivity index is 0.000000254. The van der Waals surface area contributed by atoms with Crippen LogP contribution in [0.3, 0.4) is 0 Å². The maximum Gasteiger partial charge on any atom is 0.239 e. The van der Waals surface area contributed by atoms with Crippen LogP contribution in [0.2, 0.25) is 0 Å². The summed E-state index contributed by atoms with van der Waals surface area (Å²) in [5.41, 5.74) is 0. The first-order valence-corrected chi connectivity index (χ1v) is 16.3. The molecule has 3 aromatic heterocycles. The molecule has 3 heterocycles. The molecule has 3 aromatic rings. The Morgan fingerprint density at radius 1 is 0.762 bits per heavy atom. The first kappa shape index (κ1) is 20.7. The SMILES string of the molecule is [Cl][Ru-2]([Cl])([Cl])([Cl])[Cl].c1c[nH+]c[nH]1.c1c[nH+]c[nH]1.c1c[nH]cn1. The quantitative estimate of drug-likeness (QED) is 0.419. The number of aromatic nitrogens is 6. The number of imidazole rings is 3. The Bertz CT molecular complexity index is 374. The summed E-state index contributed by atoms with van der Waals surface area (Å²) in [6, 6.07) is 0. The summed E-state index contributed by atoms with van der Waals surface area (Å²) in [4.78, 5) is 17.6. The third kappa shape index (κ3) is 28.6. The van der Waals surface area contributed by atoms with Crippen molar-refractivity contribution in [2.45, 2.75) is 0 Å². The molecule has 21 heavy (non-hydrogen) atoms. The second kappa shape index (κ2) is 11.3. The van der Waals surface area contributed by atoms with Crippen LogP contribution >= 0.6 is 48.5 Å². The minimum absolute atomic E-state index is 1.62. The largest absolute Gasteiger partial charge is 0.351 e. The summed E-state index contributed by atoms with van der Waals surface area (Å²) in [5, 5.41) is 0. The molecule has 0 aliphatic rings. The zero-order valence-corrected chi connectivity index (χ0v) is 15.9. The summed E-state index contributed by atoms with van der Waals surface area (Å²) < 4.78 is 0. The van der Waals surface area contributed by atoms with Crippen LogP contribution in [-0.2, 0) is 8.65 Å². The van der Waals surface area contributed by atoms with Gasteiger partial charge in [0, 0.05) is 12.4 Å². The molecular weight excluding hydrogens is 470 g/mol. The normalized spacial score (nSPS) is 11.2. The Kier molecular flexibility index (Phi) is 11.1. The third-order valence-electron chi connectivity index (χ3n) is 1.29. The number of rotatable bonds is 0. The van der Waals surface area contributed by atoms with Crippen molar-refractivity contribution in [1.29, 1.82) is 0 Å². The molecule has 0 aliphatic carbocycles. The van der Waals surface area contributed by atoms with E-state index in [0.29, 0.717) is 0 Å². The first-order chi connectivity index (χ1) is 9.74. The molecule has 0 bridgehead atoms. The molecule has 6 nitrogen and oxygen atoms in total. The van der Waals surface area contributed by atoms with Crippen LogP contribution in [0.25, 0.3) is 0 Å².